The number of amides is 3. The van der Waals surface area contributed by atoms with Crippen LogP contribution in [0.3, 0.4) is 0 Å². The minimum absolute atomic E-state index is 0.0471. The van der Waals surface area contributed by atoms with Crippen molar-refractivity contribution in [3.8, 4) is 0 Å². The van der Waals surface area contributed by atoms with Gasteiger partial charge in [0.2, 0.25) is 17.4 Å². The lowest BCUT2D eigenvalue weighted by atomic mass is 9.63. The summed E-state index contributed by atoms with van der Waals surface area (Å²) in [6, 6.07) is 0.510. The third-order valence-corrected chi connectivity index (χ3v) is 7.51. The fourth-order valence-electron chi connectivity index (χ4n) is 6.11. The maximum Gasteiger partial charge on any atom is 0.282 e. The molecule has 3 amide bonds. The summed E-state index contributed by atoms with van der Waals surface area (Å²) in [5.41, 5.74) is -2.08. The van der Waals surface area contributed by atoms with Crippen LogP contribution in [0.15, 0.2) is 10.6 Å². The molecule has 3 saturated heterocycles. The predicted octanol–water partition coefficient (Wildman–Crippen LogP) is 1.20. The second-order valence-corrected chi connectivity index (χ2v) is 10.00. The molecule has 1 N–H and O–H groups in total. The monoisotopic (exact) mass is 506 g/mol. The molecule has 1 spiro atoms. The van der Waals surface area contributed by atoms with Crippen molar-refractivity contribution < 1.29 is 41.6 Å². The summed E-state index contributed by atoms with van der Waals surface area (Å²) in [7, 11) is 0. The van der Waals surface area contributed by atoms with Gasteiger partial charge < -0.3 is 19.1 Å². The highest BCUT2D eigenvalue weighted by Gasteiger charge is 2.62. The second kappa shape index (κ2) is 7.28. The third-order valence-electron chi connectivity index (χ3n) is 7.51. The van der Waals surface area contributed by atoms with Crippen molar-refractivity contribution in [1.82, 2.24) is 15.4 Å². The van der Waals surface area contributed by atoms with Gasteiger partial charge in [0.15, 0.2) is 17.3 Å². The fourth-order valence-corrected chi connectivity index (χ4v) is 6.11. The highest BCUT2D eigenvalue weighted by Crippen LogP contribution is 2.50. The Morgan fingerprint density at radius 2 is 1.94 bits per heavy atom. The molecule has 6 rings (SSSR count). The number of nitrogens with one attached hydrogen (secondary N) is 1. The van der Waals surface area contributed by atoms with Gasteiger partial charge in [0.05, 0.1) is 48.8 Å². The van der Waals surface area contributed by atoms with Gasteiger partial charge in [-0.1, -0.05) is 5.16 Å². The van der Waals surface area contributed by atoms with E-state index in [4.69, 9.17) is 9.26 Å². The number of likely N-dealkylation sites (tertiary alicyclic amines) is 1. The Labute approximate surface area is 201 Å². The van der Waals surface area contributed by atoms with E-state index in [1.165, 1.54) is 6.07 Å². The number of piperidine rings is 1. The van der Waals surface area contributed by atoms with Gasteiger partial charge in [-0.3, -0.25) is 24.5 Å². The molecule has 1 aromatic heterocycles. The topological polar surface area (TPSA) is 122 Å². The Balaban J connectivity index is 1.52. The fraction of sp³-hybridized carbons (Fsp3) is 0.522. The number of aromatic nitrogens is 1. The van der Waals surface area contributed by atoms with E-state index in [1.54, 1.807) is 18.7 Å². The van der Waals surface area contributed by atoms with Crippen LogP contribution in [0.4, 0.5) is 18.9 Å². The molecule has 190 valence electrons. The number of carbonyl (C=O) groups excluding carboxylic acids is 4. The Kier molecular flexibility index (Phi) is 4.64. The molecule has 1 aromatic carbocycles. The zero-order chi connectivity index (χ0) is 25.7. The van der Waals surface area contributed by atoms with Gasteiger partial charge in [0, 0.05) is 6.54 Å². The van der Waals surface area contributed by atoms with Crippen LogP contribution in [0.5, 0.6) is 0 Å². The first-order valence-corrected chi connectivity index (χ1v) is 11.5. The number of rotatable bonds is 1. The molecule has 0 radical (unpaired) electrons. The van der Waals surface area contributed by atoms with E-state index in [1.807, 2.05) is 0 Å². The molecule has 10 nitrogen and oxygen atoms in total. The maximum absolute atomic E-state index is 16.0. The first kappa shape index (κ1) is 23.0. The van der Waals surface area contributed by atoms with Crippen LogP contribution in [0.2, 0.25) is 0 Å². The van der Waals surface area contributed by atoms with E-state index < -0.39 is 72.3 Å². The molecule has 4 atom stereocenters. The van der Waals surface area contributed by atoms with Crippen LogP contribution in [-0.4, -0.2) is 77.4 Å². The molecule has 36 heavy (non-hydrogen) atoms. The van der Waals surface area contributed by atoms with Crippen LogP contribution in [0, 0.1) is 11.2 Å². The van der Waals surface area contributed by atoms with Crippen molar-refractivity contribution in [2.45, 2.75) is 50.9 Å². The summed E-state index contributed by atoms with van der Waals surface area (Å²) in [5.74, 6) is -6.80. The van der Waals surface area contributed by atoms with Gasteiger partial charge in [0.1, 0.15) is 5.41 Å². The van der Waals surface area contributed by atoms with Crippen molar-refractivity contribution in [3.63, 3.8) is 0 Å². The quantitative estimate of drug-likeness (QED) is 0.452. The zero-order valence-electron chi connectivity index (χ0n) is 19.3. The SMILES string of the molecule is C[C@@H]1CN2c3c(cc4c(C(=O)N5CC(F)(F)C5)noc4c3F)CC3(C(=O)CC(=O)NC3=O)[C@H]2[C@H](C)O1. The molecule has 0 saturated carbocycles. The smallest absolute Gasteiger partial charge is 0.282 e. The number of alkyl halides is 2. The van der Waals surface area contributed by atoms with Gasteiger partial charge >= 0.3 is 0 Å². The Bertz CT molecular complexity index is 1350. The maximum atomic E-state index is 16.0. The lowest BCUT2D eigenvalue weighted by Crippen LogP contribution is -2.72. The number of ether oxygens (including phenoxy) is 1. The van der Waals surface area contributed by atoms with E-state index in [0.29, 0.717) is 0 Å². The number of morpholine rings is 1. The van der Waals surface area contributed by atoms with Crippen molar-refractivity contribution >= 4 is 40.2 Å². The molecule has 4 aliphatic rings. The third kappa shape index (κ3) is 2.98. The predicted molar refractivity (Wildman–Crippen MR) is 115 cm³/mol. The summed E-state index contributed by atoms with van der Waals surface area (Å²) < 4.78 is 53.7. The van der Waals surface area contributed by atoms with Crippen molar-refractivity contribution in [1.29, 1.82) is 0 Å². The number of nitrogens with zero attached hydrogens (tertiary/aromatic N) is 3. The lowest BCUT2D eigenvalue weighted by Gasteiger charge is -2.55. The number of hydrogen-bond acceptors (Lipinski definition) is 8. The molecule has 0 aliphatic carbocycles. The summed E-state index contributed by atoms with van der Waals surface area (Å²) in [4.78, 5) is 53.8. The van der Waals surface area contributed by atoms with Crippen molar-refractivity contribution in [2.75, 3.05) is 24.5 Å². The van der Waals surface area contributed by atoms with E-state index >= 15 is 4.39 Å². The number of carbonyl (C=O) groups is 4. The first-order chi connectivity index (χ1) is 16.9. The first-order valence-electron chi connectivity index (χ1n) is 11.5. The molecule has 4 aliphatic heterocycles. The standard InChI is InChI=1S/C23H21F3N4O6/c1-9-6-30-17-11(5-23(19(30)10(2)35-9)13(31)4-14(32)27-21(23)34)3-12-16(28-36-18(12)15(17)24)20(33)29-7-22(25,26)8-29/h3,9-10,19H,4-8H2,1-2H3,(H,27,32,34)/t9-,10+,19-,23?/m1/s1. The summed E-state index contributed by atoms with van der Waals surface area (Å²) in [6.45, 7) is 2.02. The van der Waals surface area contributed by atoms with E-state index in [-0.39, 0.29) is 47.0 Å². The van der Waals surface area contributed by atoms with Crippen LogP contribution in [0.1, 0.15) is 36.3 Å². The molecule has 0 bridgehead atoms. The van der Waals surface area contributed by atoms with Gasteiger partial charge in [-0.05, 0) is 31.9 Å². The number of hydrogen-bond donors (Lipinski definition) is 1. The van der Waals surface area contributed by atoms with Gasteiger partial charge in [-0.15, -0.1) is 0 Å². The van der Waals surface area contributed by atoms with Gasteiger partial charge in [-0.2, -0.15) is 0 Å². The minimum atomic E-state index is -3.00. The number of Topliss-reactive ketones (excluding diaryl/α,β-unsaturated/α-hetero) is 1. The number of ketones is 1. The Morgan fingerprint density at radius 3 is 2.61 bits per heavy atom. The number of benzene rings is 1. The summed E-state index contributed by atoms with van der Waals surface area (Å²) >= 11 is 0. The minimum Gasteiger partial charge on any atom is -0.372 e. The molecule has 2 aromatic rings. The average molecular weight is 506 g/mol. The molecular weight excluding hydrogens is 485 g/mol. The van der Waals surface area contributed by atoms with Crippen LogP contribution in [0.25, 0.3) is 11.0 Å². The summed E-state index contributed by atoms with van der Waals surface area (Å²) in [5, 5.41) is 5.87. The van der Waals surface area contributed by atoms with Crippen molar-refractivity contribution in [2.24, 2.45) is 5.41 Å². The zero-order valence-corrected chi connectivity index (χ0v) is 19.3. The van der Waals surface area contributed by atoms with E-state index in [0.717, 1.165) is 4.90 Å². The number of fused-ring (bicyclic) bond motifs is 5. The van der Waals surface area contributed by atoms with Crippen LogP contribution < -0.4 is 10.2 Å². The Hall–Kier alpha value is -3.48. The number of halogens is 3. The number of imide groups is 1. The highest BCUT2D eigenvalue weighted by molar-refractivity contribution is 6.22. The Morgan fingerprint density at radius 1 is 1.22 bits per heavy atom. The largest absolute Gasteiger partial charge is 0.372 e. The van der Waals surface area contributed by atoms with Gasteiger partial charge in [-0.25, -0.2) is 13.2 Å². The average Bonchev–Trinajstić information content (AvgIpc) is 3.18. The molecule has 13 heteroatoms. The van der Waals surface area contributed by atoms with E-state index in [2.05, 4.69) is 10.5 Å². The normalized spacial score (nSPS) is 31.2. The van der Waals surface area contributed by atoms with E-state index in [9.17, 15) is 28.0 Å². The second-order valence-electron chi connectivity index (χ2n) is 10.00. The molecule has 1 unspecified atom stereocenters. The highest BCUT2D eigenvalue weighted by atomic mass is 19.3. The van der Waals surface area contributed by atoms with Crippen LogP contribution >= 0.6 is 0 Å². The summed E-state index contributed by atoms with van der Waals surface area (Å²) in [6.07, 6.45) is -1.81. The van der Waals surface area contributed by atoms with Gasteiger partial charge in [0.25, 0.3) is 11.8 Å². The van der Waals surface area contributed by atoms with Crippen LogP contribution in [-0.2, 0) is 25.5 Å². The molecule has 3 fully saturated rings. The molecule has 5 heterocycles. The number of anilines is 1. The molecular formula is C23H21F3N4O6. The van der Waals surface area contributed by atoms with Crippen molar-refractivity contribution in [3.05, 3.63) is 23.1 Å². The lowest BCUT2D eigenvalue weighted by molar-refractivity contribution is -0.158.